The smallest absolute Gasteiger partial charge is 0.344 e. The fourth-order valence-corrected chi connectivity index (χ4v) is 3.10. The van der Waals surface area contributed by atoms with Gasteiger partial charge in [-0.1, -0.05) is 16.9 Å². The zero-order chi connectivity index (χ0) is 15.1. The number of furan rings is 1. The van der Waals surface area contributed by atoms with Crippen LogP contribution in [-0.4, -0.2) is 24.9 Å². The molecule has 22 heavy (non-hydrogen) atoms. The molecule has 0 radical (unpaired) electrons. The molecule has 0 bridgehead atoms. The van der Waals surface area contributed by atoms with E-state index in [0.717, 1.165) is 12.8 Å². The Morgan fingerprint density at radius 3 is 3.09 bits per heavy atom. The van der Waals surface area contributed by atoms with E-state index < -0.39 is 0 Å². The van der Waals surface area contributed by atoms with Crippen LogP contribution in [0.3, 0.4) is 0 Å². The molecule has 9 heteroatoms. The number of rotatable bonds is 5. The van der Waals surface area contributed by atoms with E-state index in [-0.39, 0.29) is 17.0 Å². The molecular formula is C13H13N5O3S. The summed E-state index contributed by atoms with van der Waals surface area (Å²) in [6, 6.07) is 3.80. The lowest BCUT2D eigenvalue weighted by atomic mass is 10.4. The van der Waals surface area contributed by atoms with E-state index in [1.165, 1.54) is 11.8 Å². The summed E-state index contributed by atoms with van der Waals surface area (Å²) < 4.78 is 12.2. The van der Waals surface area contributed by atoms with Gasteiger partial charge in [0, 0.05) is 6.04 Å². The molecule has 0 aromatic carbocycles. The summed E-state index contributed by atoms with van der Waals surface area (Å²) in [5, 5.41) is 11.0. The van der Waals surface area contributed by atoms with Crippen LogP contribution in [0.15, 0.2) is 37.3 Å². The molecule has 8 nitrogen and oxygen atoms in total. The zero-order valence-corrected chi connectivity index (χ0v) is 12.5. The standard InChI is InChI=1S/C13H13N5O3S/c1-7(11-14-10(17-21-11)9-3-2-6-20-9)22-13-16-15-12(19)18(13)8-4-5-8/h2-3,6-8H,4-5H2,1H3,(H,15,19). The first-order chi connectivity index (χ1) is 10.7. The Morgan fingerprint density at radius 1 is 1.50 bits per heavy atom. The number of thioether (sulfide) groups is 1. The van der Waals surface area contributed by atoms with Crippen LogP contribution in [0.5, 0.6) is 0 Å². The third-order valence-electron chi connectivity index (χ3n) is 3.40. The Balaban J connectivity index is 1.55. The van der Waals surface area contributed by atoms with Gasteiger partial charge in [-0.15, -0.1) is 5.10 Å². The first-order valence-corrected chi connectivity index (χ1v) is 7.81. The van der Waals surface area contributed by atoms with Crippen LogP contribution in [0.25, 0.3) is 11.6 Å². The maximum absolute atomic E-state index is 11.8. The van der Waals surface area contributed by atoms with Crippen LogP contribution < -0.4 is 5.69 Å². The van der Waals surface area contributed by atoms with Crippen molar-refractivity contribution in [3.8, 4) is 11.6 Å². The fourth-order valence-electron chi connectivity index (χ4n) is 2.14. The van der Waals surface area contributed by atoms with Crippen LogP contribution in [0.4, 0.5) is 0 Å². The third-order valence-corrected chi connectivity index (χ3v) is 4.45. The second-order valence-electron chi connectivity index (χ2n) is 5.11. The second-order valence-corrected chi connectivity index (χ2v) is 6.41. The maximum atomic E-state index is 11.8. The fraction of sp³-hybridized carbons (Fsp3) is 0.385. The average molecular weight is 319 g/mol. The predicted molar refractivity (Wildman–Crippen MR) is 77.4 cm³/mol. The summed E-state index contributed by atoms with van der Waals surface area (Å²) in [5.41, 5.74) is -0.168. The van der Waals surface area contributed by atoms with Crippen molar-refractivity contribution in [1.82, 2.24) is 24.9 Å². The third kappa shape index (κ3) is 2.37. The van der Waals surface area contributed by atoms with Crippen molar-refractivity contribution in [1.29, 1.82) is 0 Å². The lowest BCUT2D eigenvalue weighted by Gasteiger charge is -2.06. The Hall–Kier alpha value is -2.29. The first-order valence-electron chi connectivity index (χ1n) is 6.93. The summed E-state index contributed by atoms with van der Waals surface area (Å²) in [6.45, 7) is 1.93. The van der Waals surface area contributed by atoms with Gasteiger partial charge in [-0.25, -0.2) is 9.89 Å². The minimum Gasteiger partial charge on any atom is -0.461 e. The Bertz CT molecular complexity index is 830. The topological polar surface area (TPSA) is 103 Å². The SMILES string of the molecule is CC(Sc1n[nH]c(=O)n1C1CC1)c1nc(-c2ccco2)no1. The van der Waals surface area contributed by atoms with E-state index in [0.29, 0.717) is 22.6 Å². The Morgan fingerprint density at radius 2 is 2.36 bits per heavy atom. The number of H-pyrrole nitrogens is 1. The van der Waals surface area contributed by atoms with Gasteiger partial charge in [0.1, 0.15) is 0 Å². The highest BCUT2D eigenvalue weighted by Crippen LogP contribution is 2.39. The van der Waals surface area contributed by atoms with Crippen molar-refractivity contribution < 1.29 is 8.94 Å². The molecule has 0 saturated heterocycles. The molecule has 0 spiro atoms. The van der Waals surface area contributed by atoms with Gasteiger partial charge in [0.2, 0.25) is 11.7 Å². The van der Waals surface area contributed by atoms with Crippen molar-refractivity contribution in [3.63, 3.8) is 0 Å². The molecule has 1 N–H and O–H groups in total. The molecule has 1 saturated carbocycles. The highest BCUT2D eigenvalue weighted by atomic mass is 32.2. The van der Waals surface area contributed by atoms with Gasteiger partial charge in [0.05, 0.1) is 11.5 Å². The van der Waals surface area contributed by atoms with E-state index in [2.05, 4.69) is 20.3 Å². The van der Waals surface area contributed by atoms with Gasteiger partial charge in [-0.3, -0.25) is 4.57 Å². The van der Waals surface area contributed by atoms with Gasteiger partial charge in [-0.05, 0) is 31.9 Å². The minimum atomic E-state index is -0.168. The van der Waals surface area contributed by atoms with E-state index in [1.807, 2.05) is 6.92 Å². The lowest BCUT2D eigenvalue weighted by molar-refractivity contribution is 0.379. The van der Waals surface area contributed by atoms with Gasteiger partial charge in [0.25, 0.3) is 0 Å². The zero-order valence-electron chi connectivity index (χ0n) is 11.7. The molecule has 1 fully saturated rings. The van der Waals surface area contributed by atoms with Crippen molar-refractivity contribution in [2.24, 2.45) is 0 Å². The van der Waals surface area contributed by atoms with Gasteiger partial charge in [-0.2, -0.15) is 4.98 Å². The highest BCUT2D eigenvalue weighted by molar-refractivity contribution is 7.99. The Kier molecular flexibility index (Phi) is 3.14. The minimum absolute atomic E-state index is 0.121. The summed E-state index contributed by atoms with van der Waals surface area (Å²) in [7, 11) is 0. The van der Waals surface area contributed by atoms with E-state index in [4.69, 9.17) is 8.94 Å². The maximum Gasteiger partial charge on any atom is 0.344 e. The number of nitrogens with zero attached hydrogens (tertiary/aromatic N) is 4. The molecule has 3 heterocycles. The van der Waals surface area contributed by atoms with Crippen LogP contribution in [0, 0.1) is 0 Å². The van der Waals surface area contributed by atoms with Gasteiger partial charge < -0.3 is 8.94 Å². The van der Waals surface area contributed by atoms with E-state index in [9.17, 15) is 4.79 Å². The Labute approximate surface area is 128 Å². The largest absolute Gasteiger partial charge is 0.461 e. The summed E-state index contributed by atoms with van der Waals surface area (Å²) in [5.74, 6) is 1.44. The lowest BCUT2D eigenvalue weighted by Crippen LogP contribution is -2.16. The molecule has 0 aliphatic heterocycles. The second kappa shape index (κ2) is 5.16. The monoisotopic (exact) mass is 319 g/mol. The van der Waals surface area contributed by atoms with E-state index >= 15 is 0 Å². The normalized spacial score (nSPS) is 16.0. The molecule has 1 unspecified atom stereocenters. The van der Waals surface area contributed by atoms with Crippen molar-refractivity contribution in [2.75, 3.05) is 0 Å². The van der Waals surface area contributed by atoms with Crippen LogP contribution in [-0.2, 0) is 0 Å². The van der Waals surface area contributed by atoms with Crippen LogP contribution in [0.1, 0.15) is 36.9 Å². The molecule has 1 aliphatic rings. The molecule has 3 aromatic rings. The van der Waals surface area contributed by atoms with Crippen molar-refractivity contribution in [2.45, 2.75) is 36.2 Å². The number of nitrogens with one attached hydrogen (secondary N) is 1. The predicted octanol–water partition coefficient (Wildman–Crippen LogP) is 2.40. The molecule has 4 rings (SSSR count). The molecule has 3 aromatic heterocycles. The van der Waals surface area contributed by atoms with Gasteiger partial charge >= 0.3 is 5.69 Å². The summed E-state index contributed by atoms with van der Waals surface area (Å²) >= 11 is 1.42. The van der Waals surface area contributed by atoms with Crippen molar-refractivity contribution in [3.05, 3.63) is 34.8 Å². The first kappa shape index (κ1) is 13.4. The quantitative estimate of drug-likeness (QED) is 0.720. The van der Waals surface area contributed by atoms with Gasteiger partial charge in [0.15, 0.2) is 10.9 Å². The number of hydrogen-bond donors (Lipinski definition) is 1. The number of hydrogen-bond acceptors (Lipinski definition) is 7. The molecule has 1 aliphatic carbocycles. The number of aromatic nitrogens is 5. The summed E-state index contributed by atoms with van der Waals surface area (Å²) in [4.78, 5) is 16.1. The molecular weight excluding hydrogens is 306 g/mol. The van der Waals surface area contributed by atoms with E-state index in [1.54, 1.807) is 23.0 Å². The molecule has 0 amide bonds. The van der Waals surface area contributed by atoms with Crippen LogP contribution in [0.2, 0.25) is 0 Å². The van der Waals surface area contributed by atoms with Crippen molar-refractivity contribution >= 4 is 11.8 Å². The van der Waals surface area contributed by atoms with Crippen LogP contribution >= 0.6 is 11.8 Å². The summed E-state index contributed by atoms with van der Waals surface area (Å²) in [6.07, 6.45) is 3.59. The molecule has 114 valence electrons. The molecule has 1 atom stereocenters. The number of aromatic amines is 1. The average Bonchev–Trinajstić information content (AvgIpc) is 2.97. The highest BCUT2D eigenvalue weighted by Gasteiger charge is 2.30.